The zero-order valence-electron chi connectivity index (χ0n) is 8.67. The standard InChI is InChI=1S/C10H10N2O3S/c1-15-9-4-5-12-8(6-11)10(9)16(13,14)7-2-3-7/h4-5,7H,2-3H2,1H3. The molecule has 6 heteroatoms. The van der Waals surface area contributed by atoms with E-state index in [-0.39, 0.29) is 21.6 Å². The van der Waals surface area contributed by atoms with E-state index in [1.54, 1.807) is 6.07 Å². The summed E-state index contributed by atoms with van der Waals surface area (Å²) in [4.78, 5) is 3.69. The first-order valence-electron chi connectivity index (χ1n) is 4.78. The maximum absolute atomic E-state index is 12.1. The minimum Gasteiger partial charge on any atom is -0.495 e. The highest BCUT2D eigenvalue weighted by molar-refractivity contribution is 7.92. The quantitative estimate of drug-likeness (QED) is 0.781. The van der Waals surface area contributed by atoms with Crippen molar-refractivity contribution in [1.29, 1.82) is 5.26 Å². The number of hydrogen-bond donors (Lipinski definition) is 0. The number of nitriles is 1. The molecule has 16 heavy (non-hydrogen) atoms. The van der Waals surface area contributed by atoms with Gasteiger partial charge in [0.25, 0.3) is 0 Å². The third-order valence-corrected chi connectivity index (χ3v) is 4.75. The molecule has 1 aromatic heterocycles. The van der Waals surface area contributed by atoms with Crippen LogP contribution in [-0.2, 0) is 9.84 Å². The lowest BCUT2D eigenvalue weighted by Crippen LogP contribution is -2.11. The third kappa shape index (κ3) is 1.63. The number of pyridine rings is 1. The molecule has 2 rings (SSSR count). The monoisotopic (exact) mass is 238 g/mol. The lowest BCUT2D eigenvalue weighted by molar-refractivity contribution is 0.401. The van der Waals surface area contributed by atoms with Gasteiger partial charge in [0.15, 0.2) is 15.5 Å². The van der Waals surface area contributed by atoms with E-state index >= 15 is 0 Å². The van der Waals surface area contributed by atoms with Gasteiger partial charge in [-0.3, -0.25) is 0 Å². The molecule has 1 aliphatic carbocycles. The van der Waals surface area contributed by atoms with Crippen LogP contribution in [0.1, 0.15) is 18.5 Å². The predicted molar refractivity (Wildman–Crippen MR) is 55.7 cm³/mol. The largest absolute Gasteiger partial charge is 0.495 e. The van der Waals surface area contributed by atoms with Crippen LogP contribution in [0, 0.1) is 11.3 Å². The summed E-state index contributed by atoms with van der Waals surface area (Å²) in [6.07, 6.45) is 2.65. The number of aromatic nitrogens is 1. The van der Waals surface area contributed by atoms with Crippen molar-refractivity contribution in [3.05, 3.63) is 18.0 Å². The summed E-state index contributed by atoms with van der Waals surface area (Å²) in [7, 11) is -2.08. The number of sulfone groups is 1. The van der Waals surface area contributed by atoms with E-state index in [1.807, 2.05) is 0 Å². The first-order chi connectivity index (χ1) is 7.61. The Bertz CT molecular complexity index is 556. The second kappa shape index (κ2) is 3.76. The molecule has 0 saturated heterocycles. The van der Waals surface area contributed by atoms with Gasteiger partial charge in [0.05, 0.1) is 12.4 Å². The minimum absolute atomic E-state index is 0.0671. The Kier molecular flexibility index (Phi) is 2.56. The number of rotatable bonds is 3. The fourth-order valence-corrected chi connectivity index (χ4v) is 3.38. The van der Waals surface area contributed by atoms with Crippen LogP contribution >= 0.6 is 0 Å². The fourth-order valence-electron chi connectivity index (χ4n) is 1.49. The Labute approximate surface area is 93.6 Å². The highest BCUT2D eigenvalue weighted by Gasteiger charge is 2.40. The molecule has 0 N–H and O–H groups in total. The highest BCUT2D eigenvalue weighted by Crippen LogP contribution is 2.38. The molecule has 0 amide bonds. The number of ether oxygens (including phenoxy) is 1. The van der Waals surface area contributed by atoms with Crippen LogP contribution < -0.4 is 4.74 Å². The molecule has 0 unspecified atom stereocenters. The average molecular weight is 238 g/mol. The maximum atomic E-state index is 12.1. The van der Waals surface area contributed by atoms with Crippen LogP contribution in [0.5, 0.6) is 5.75 Å². The number of methoxy groups -OCH3 is 1. The summed E-state index contributed by atoms with van der Waals surface area (Å²) >= 11 is 0. The van der Waals surface area contributed by atoms with E-state index in [0.717, 1.165) is 0 Å². The maximum Gasteiger partial charge on any atom is 0.187 e. The Hall–Kier alpha value is -1.61. The molecule has 1 saturated carbocycles. The van der Waals surface area contributed by atoms with Crippen LogP contribution in [0.15, 0.2) is 17.2 Å². The van der Waals surface area contributed by atoms with Crippen molar-refractivity contribution in [1.82, 2.24) is 4.98 Å². The normalized spacial score (nSPS) is 15.5. The third-order valence-electron chi connectivity index (χ3n) is 2.44. The van der Waals surface area contributed by atoms with E-state index in [1.165, 1.54) is 19.4 Å². The van der Waals surface area contributed by atoms with Gasteiger partial charge in [-0.05, 0) is 18.9 Å². The van der Waals surface area contributed by atoms with Gasteiger partial charge in [-0.25, -0.2) is 13.4 Å². The molecule has 1 aromatic rings. The summed E-state index contributed by atoms with van der Waals surface area (Å²) in [5, 5.41) is 8.49. The summed E-state index contributed by atoms with van der Waals surface area (Å²) in [5.41, 5.74) is -0.0914. The first-order valence-corrected chi connectivity index (χ1v) is 6.33. The van der Waals surface area contributed by atoms with Gasteiger partial charge in [-0.15, -0.1) is 0 Å². The van der Waals surface area contributed by atoms with Crippen molar-refractivity contribution in [3.8, 4) is 11.8 Å². The molecule has 0 aliphatic heterocycles. The average Bonchev–Trinajstić information content (AvgIpc) is 3.11. The van der Waals surface area contributed by atoms with Crippen LogP contribution in [0.2, 0.25) is 0 Å². The van der Waals surface area contributed by atoms with Crippen molar-refractivity contribution < 1.29 is 13.2 Å². The lowest BCUT2D eigenvalue weighted by Gasteiger charge is -2.09. The molecule has 0 radical (unpaired) electrons. The van der Waals surface area contributed by atoms with Gasteiger partial charge in [0.1, 0.15) is 16.7 Å². The Morgan fingerprint density at radius 3 is 2.75 bits per heavy atom. The summed E-state index contributed by atoms with van der Waals surface area (Å²) in [5.74, 6) is 0.193. The smallest absolute Gasteiger partial charge is 0.187 e. The summed E-state index contributed by atoms with van der Waals surface area (Å²) in [6, 6.07) is 3.24. The van der Waals surface area contributed by atoms with E-state index in [4.69, 9.17) is 10.00 Å². The molecule has 0 atom stereocenters. The van der Waals surface area contributed by atoms with Gasteiger partial charge >= 0.3 is 0 Å². The molecule has 1 aliphatic rings. The Balaban J connectivity index is 2.66. The fraction of sp³-hybridized carbons (Fsp3) is 0.400. The van der Waals surface area contributed by atoms with E-state index < -0.39 is 9.84 Å². The molecule has 84 valence electrons. The molecule has 0 bridgehead atoms. The number of nitrogens with zero attached hydrogens (tertiary/aromatic N) is 2. The van der Waals surface area contributed by atoms with Gasteiger partial charge in [0.2, 0.25) is 0 Å². The molecule has 0 spiro atoms. The van der Waals surface area contributed by atoms with Gasteiger partial charge in [-0.1, -0.05) is 0 Å². The van der Waals surface area contributed by atoms with Crippen LogP contribution in [-0.4, -0.2) is 25.8 Å². The molecule has 1 fully saturated rings. The summed E-state index contributed by atoms with van der Waals surface area (Å²) < 4.78 is 29.1. The Morgan fingerprint density at radius 1 is 1.56 bits per heavy atom. The Morgan fingerprint density at radius 2 is 2.25 bits per heavy atom. The lowest BCUT2D eigenvalue weighted by atomic mass is 10.3. The van der Waals surface area contributed by atoms with E-state index in [2.05, 4.69) is 4.98 Å². The minimum atomic E-state index is -3.46. The zero-order valence-corrected chi connectivity index (χ0v) is 9.49. The van der Waals surface area contributed by atoms with Crippen molar-refractivity contribution in [3.63, 3.8) is 0 Å². The zero-order chi connectivity index (χ0) is 11.8. The second-order valence-electron chi connectivity index (χ2n) is 3.55. The second-order valence-corrected chi connectivity index (χ2v) is 5.71. The predicted octanol–water partition coefficient (Wildman–Crippen LogP) is 0.898. The summed E-state index contributed by atoms with van der Waals surface area (Å²) in [6.45, 7) is 0. The molecular formula is C10H10N2O3S. The van der Waals surface area contributed by atoms with Gasteiger partial charge in [-0.2, -0.15) is 5.26 Å². The highest BCUT2D eigenvalue weighted by atomic mass is 32.2. The van der Waals surface area contributed by atoms with Crippen molar-refractivity contribution >= 4 is 9.84 Å². The van der Waals surface area contributed by atoms with Gasteiger partial charge in [0, 0.05) is 6.20 Å². The van der Waals surface area contributed by atoms with Crippen molar-refractivity contribution in [2.45, 2.75) is 23.0 Å². The number of hydrogen-bond acceptors (Lipinski definition) is 5. The van der Waals surface area contributed by atoms with Crippen LogP contribution in [0.3, 0.4) is 0 Å². The molecule has 1 heterocycles. The van der Waals surface area contributed by atoms with Crippen molar-refractivity contribution in [2.75, 3.05) is 7.11 Å². The van der Waals surface area contributed by atoms with E-state index in [9.17, 15) is 8.42 Å². The van der Waals surface area contributed by atoms with Crippen LogP contribution in [0.25, 0.3) is 0 Å². The van der Waals surface area contributed by atoms with Gasteiger partial charge < -0.3 is 4.74 Å². The van der Waals surface area contributed by atoms with E-state index in [0.29, 0.717) is 12.8 Å². The molecular weight excluding hydrogens is 228 g/mol. The SMILES string of the molecule is COc1ccnc(C#N)c1S(=O)(=O)C1CC1. The first kappa shape index (κ1) is 10.9. The molecule has 0 aromatic carbocycles. The molecule has 5 nitrogen and oxygen atoms in total. The van der Waals surface area contributed by atoms with Crippen LogP contribution in [0.4, 0.5) is 0 Å². The topological polar surface area (TPSA) is 80.0 Å². The van der Waals surface area contributed by atoms with Crippen molar-refractivity contribution in [2.24, 2.45) is 0 Å².